The smallest absolute Gasteiger partial charge is 0.410 e. The number of nitrogens with two attached hydrogens (primary N) is 1. The molecule has 1 saturated heterocycles. The minimum Gasteiger partial charge on any atom is -0.444 e. The summed E-state index contributed by atoms with van der Waals surface area (Å²) in [7, 11) is 0. The fraction of sp³-hybridized carbons (Fsp3) is 0.714. The van der Waals surface area contributed by atoms with E-state index in [1.54, 1.807) is 4.90 Å². The first kappa shape index (κ1) is 14.2. The van der Waals surface area contributed by atoms with Gasteiger partial charge in [0, 0.05) is 25.2 Å². The van der Waals surface area contributed by atoms with E-state index in [-0.39, 0.29) is 6.09 Å². The van der Waals surface area contributed by atoms with Crippen molar-refractivity contribution in [3.05, 3.63) is 11.3 Å². The van der Waals surface area contributed by atoms with Crippen molar-refractivity contribution in [2.45, 2.75) is 45.4 Å². The van der Waals surface area contributed by atoms with Crippen molar-refractivity contribution in [1.82, 2.24) is 20.0 Å². The zero-order valence-corrected chi connectivity index (χ0v) is 12.8. The van der Waals surface area contributed by atoms with Crippen molar-refractivity contribution in [3.63, 3.8) is 0 Å². The van der Waals surface area contributed by atoms with Crippen LogP contribution in [0, 0.1) is 0 Å². The van der Waals surface area contributed by atoms with Gasteiger partial charge in [-0.25, -0.2) is 4.79 Å². The minimum atomic E-state index is -0.478. The number of ether oxygens (including phenoxy) is 1. The van der Waals surface area contributed by atoms with Gasteiger partial charge in [-0.15, -0.1) is 0 Å². The molecule has 0 aliphatic carbocycles. The van der Waals surface area contributed by atoms with Crippen molar-refractivity contribution in [1.29, 1.82) is 0 Å². The number of amides is 1. The highest BCUT2D eigenvalue weighted by atomic mass is 16.6. The first-order chi connectivity index (χ1) is 9.85. The second kappa shape index (κ2) is 4.91. The first-order valence-corrected chi connectivity index (χ1v) is 7.39. The van der Waals surface area contributed by atoms with Crippen molar-refractivity contribution in [2.75, 3.05) is 25.4 Å². The van der Waals surface area contributed by atoms with E-state index in [1.807, 2.05) is 25.5 Å². The quantitative estimate of drug-likeness (QED) is 0.803. The van der Waals surface area contributed by atoms with E-state index in [9.17, 15) is 4.79 Å². The van der Waals surface area contributed by atoms with Gasteiger partial charge < -0.3 is 20.7 Å². The number of carbonyl (C=O) groups excluding carboxylic acids is 1. The molecule has 1 fully saturated rings. The van der Waals surface area contributed by atoms with Crippen LogP contribution in [0.2, 0.25) is 0 Å². The molecule has 0 radical (unpaired) electrons. The fourth-order valence-corrected chi connectivity index (χ4v) is 2.70. The summed E-state index contributed by atoms with van der Waals surface area (Å²) in [5, 5.41) is 7.69. The summed E-state index contributed by atoms with van der Waals surface area (Å²) in [4.78, 5) is 14.0. The van der Waals surface area contributed by atoms with Crippen LogP contribution in [0.25, 0.3) is 0 Å². The summed E-state index contributed by atoms with van der Waals surface area (Å²) in [6.07, 6.45) is 0.465. The number of hydrogen-bond acceptors (Lipinski definition) is 5. The first-order valence-electron chi connectivity index (χ1n) is 7.39. The van der Waals surface area contributed by atoms with E-state index < -0.39 is 5.60 Å². The monoisotopic (exact) mass is 293 g/mol. The van der Waals surface area contributed by atoms with Crippen LogP contribution in [0.1, 0.15) is 38.1 Å². The second-order valence-electron chi connectivity index (χ2n) is 6.72. The summed E-state index contributed by atoms with van der Waals surface area (Å²) in [5.74, 6) is 0.598. The molecule has 3 rings (SSSR count). The van der Waals surface area contributed by atoms with Crippen LogP contribution < -0.4 is 11.1 Å². The molecule has 7 nitrogen and oxygen atoms in total. The highest BCUT2D eigenvalue weighted by Gasteiger charge is 2.32. The van der Waals surface area contributed by atoms with Crippen molar-refractivity contribution >= 4 is 11.9 Å². The van der Waals surface area contributed by atoms with Crippen molar-refractivity contribution in [2.24, 2.45) is 0 Å². The van der Waals surface area contributed by atoms with Gasteiger partial charge >= 0.3 is 6.09 Å². The van der Waals surface area contributed by atoms with E-state index in [4.69, 9.17) is 10.5 Å². The summed E-state index contributed by atoms with van der Waals surface area (Å²) >= 11 is 0. The Bertz CT molecular complexity index is 556. The van der Waals surface area contributed by atoms with Crippen molar-refractivity contribution < 1.29 is 9.53 Å². The number of fused-ring (bicyclic) bond motifs is 1. The molecule has 0 spiro atoms. The largest absolute Gasteiger partial charge is 0.444 e. The molecule has 0 aromatic carbocycles. The van der Waals surface area contributed by atoms with Gasteiger partial charge in [-0.2, -0.15) is 5.10 Å². The average Bonchev–Trinajstić information content (AvgIpc) is 2.62. The molecular formula is C14H23N5O2. The van der Waals surface area contributed by atoms with Gasteiger partial charge in [0.1, 0.15) is 11.4 Å². The van der Waals surface area contributed by atoms with Crippen molar-refractivity contribution in [3.8, 4) is 0 Å². The Morgan fingerprint density at radius 1 is 1.43 bits per heavy atom. The number of hydrogen-bond donors (Lipinski definition) is 2. The average molecular weight is 293 g/mol. The Labute approximate surface area is 124 Å². The maximum Gasteiger partial charge on any atom is 0.410 e. The highest BCUT2D eigenvalue weighted by molar-refractivity contribution is 5.69. The van der Waals surface area contributed by atoms with Gasteiger partial charge in [0.25, 0.3) is 0 Å². The van der Waals surface area contributed by atoms with Gasteiger partial charge in [-0.05, 0) is 27.2 Å². The van der Waals surface area contributed by atoms with E-state index in [0.717, 1.165) is 30.8 Å². The lowest BCUT2D eigenvalue weighted by Crippen LogP contribution is -2.46. The maximum atomic E-state index is 12.2. The molecule has 7 heteroatoms. The summed E-state index contributed by atoms with van der Waals surface area (Å²) in [5.41, 5.74) is 7.67. The number of anilines is 1. The topological polar surface area (TPSA) is 85.4 Å². The number of nitrogens with zero attached hydrogens (tertiary/aromatic N) is 3. The Morgan fingerprint density at radius 2 is 2.14 bits per heavy atom. The standard InChI is InChI=1S/C14H23N5O2/c1-14(2,3)21-13(20)18-5-4-10-11(8-18)19(17-12(10)15)9-6-16-7-9/h9,16H,4-8H2,1-3H3,(H2,15,17). The molecule has 1 aromatic heterocycles. The van der Waals surface area contributed by atoms with Crippen LogP contribution in [0.15, 0.2) is 0 Å². The third-order valence-electron chi connectivity index (χ3n) is 3.88. The zero-order valence-electron chi connectivity index (χ0n) is 12.8. The molecule has 0 saturated carbocycles. The van der Waals surface area contributed by atoms with Gasteiger partial charge in [0.05, 0.1) is 18.3 Å². The van der Waals surface area contributed by atoms with Gasteiger partial charge in [0.15, 0.2) is 0 Å². The Balaban J connectivity index is 1.79. The van der Waals surface area contributed by atoms with Crippen LogP contribution in [-0.4, -0.2) is 46.0 Å². The molecule has 0 bridgehead atoms. The molecule has 2 aliphatic heterocycles. The van der Waals surface area contributed by atoms with E-state index in [1.165, 1.54) is 0 Å². The third-order valence-corrected chi connectivity index (χ3v) is 3.88. The molecule has 116 valence electrons. The van der Waals surface area contributed by atoms with Crippen LogP contribution in [-0.2, 0) is 17.7 Å². The molecular weight excluding hydrogens is 270 g/mol. The second-order valence-corrected chi connectivity index (χ2v) is 6.72. The van der Waals surface area contributed by atoms with Crippen LogP contribution >= 0.6 is 0 Å². The van der Waals surface area contributed by atoms with Crippen LogP contribution in [0.4, 0.5) is 10.6 Å². The number of aromatic nitrogens is 2. The van der Waals surface area contributed by atoms with E-state index >= 15 is 0 Å². The number of carbonyl (C=O) groups is 1. The number of nitrogen functional groups attached to an aromatic ring is 1. The summed E-state index contributed by atoms with van der Waals surface area (Å²) in [6.45, 7) is 8.58. The summed E-state index contributed by atoms with van der Waals surface area (Å²) < 4.78 is 7.44. The molecule has 3 heterocycles. The number of nitrogens with one attached hydrogen (secondary N) is 1. The fourth-order valence-electron chi connectivity index (χ4n) is 2.70. The predicted octanol–water partition coefficient (Wildman–Crippen LogP) is 0.903. The molecule has 3 N–H and O–H groups in total. The molecule has 0 unspecified atom stereocenters. The Morgan fingerprint density at radius 3 is 2.71 bits per heavy atom. The zero-order chi connectivity index (χ0) is 15.2. The molecule has 0 atom stereocenters. The summed E-state index contributed by atoms with van der Waals surface area (Å²) in [6, 6.07) is 0.342. The van der Waals surface area contributed by atoms with E-state index in [0.29, 0.717) is 24.9 Å². The lowest BCUT2D eigenvalue weighted by Gasteiger charge is -2.33. The maximum absolute atomic E-state index is 12.2. The minimum absolute atomic E-state index is 0.272. The molecule has 1 aromatic rings. The normalized spacial score (nSPS) is 19.1. The van der Waals surface area contributed by atoms with Crippen LogP contribution in [0.5, 0.6) is 0 Å². The number of rotatable bonds is 1. The molecule has 1 amide bonds. The Kier molecular flexibility index (Phi) is 3.32. The van der Waals surface area contributed by atoms with Gasteiger partial charge in [-0.3, -0.25) is 4.68 Å². The van der Waals surface area contributed by atoms with Crippen LogP contribution in [0.3, 0.4) is 0 Å². The molecule has 2 aliphatic rings. The van der Waals surface area contributed by atoms with Gasteiger partial charge in [-0.1, -0.05) is 0 Å². The van der Waals surface area contributed by atoms with Gasteiger partial charge in [0.2, 0.25) is 0 Å². The highest BCUT2D eigenvalue weighted by Crippen LogP contribution is 2.28. The predicted molar refractivity (Wildman–Crippen MR) is 78.9 cm³/mol. The lowest BCUT2D eigenvalue weighted by molar-refractivity contribution is 0.0216. The lowest BCUT2D eigenvalue weighted by atomic mass is 10.1. The SMILES string of the molecule is CC(C)(C)OC(=O)N1CCc2c(N)nn(C3CNC3)c2C1. The molecule has 21 heavy (non-hydrogen) atoms. The Hall–Kier alpha value is -1.76. The third kappa shape index (κ3) is 2.70. The van der Waals surface area contributed by atoms with E-state index in [2.05, 4.69) is 10.4 Å².